The summed E-state index contributed by atoms with van der Waals surface area (Å²) in [4.78, 5) is 14.4. The Balaban J connectivity index is 1.47. The van der Waals surface area contributed by atoms with Crippen molar-refractivity contribution in [3.63, 3.8) is 0 Å². The molecule has 0 aromatic carbocycles. The van der Waals surface area contributed by atoms with Gasteiger partial charge in [-0.3, -0.25) is 4.79 Å². The molecular weight excluding hydrogens is 248 g/mol. The van der Waals surface area contributed by atoms with Crippen molar-refractivity contribution in [3.8, 4) is 0 Å². The van der Waals surface area contributed by atoms with Gasteiger partial charge in [0.25, 0.3) is 0 Å². The maximum absolute atomic E-state index is 12.4. The molecule has 3 saturated carbocycles. The van der Waals surface area contributed by atoms with Gasteiger partial charge in [0.2, 0.25) is 5.91 Å². The average molecular weight is 278 g/mol. The Morgan fingerprint density at radius 3 is 2.55 bits per heavy atom. The zero-order chi connectivity index (χ0) is 14.1. The lowest BCUT2D eigenvalue weighted by molar-refractivity contribution is -0.132. The number of nitrogens with zero attached hydrogens (tertiary/aromatic N) is 1. The number of carbonyl (C=O) groups is 1. The number of rotatable bonds is 4. The summed E-state index contributed by atoms with van der Waals surface area (Å²) < 4.78 is 0. The Hall–Kier alpha value is -0.570. The van der Waals surface area contributed by atoms with E-state index in [0.29, 0.717) is 18.2 Å². The fraction of sp³-hybridized carbons (Fsp3) is 0.941. The number of nitrogens with two attached hydrogens (primary N) is 1. The van der Waals surface area contributed by atoms with E-state index in [9.17, 15) is 4.79 Å². The first-order valence-electron chi connectivity index (χ1n) is 8.63. The standard InChI is InChI=1S/C17H30N2O/c1-19(11-15-9-12-6-7-13(15)8-12)17(20)10-14-4-2-3-5-16(14)18/h12-16H,2-11,18H2,1H3. The van der Waals surface area contributed by atoms with E-state index in [-0.39, 0.29) is 6.04 Å². The van der Waals surface area contributed by atoms with Crippen molar-refractivity contribution in [1.29, 1.82) is 0 Å². The summed E-state index contributed by atoms with van der Waals surface area (Å²) in [6, 6.07) is 0.253. The predicted octanol–water partition coefficient (Wildman–Crippen LogP) is 2.79. The molecule has 5 unspecified atom stereocenters. The van der Waals surface area contributed by atoms with Crippen LogP contribution >= 0.6 is 0 Å². The molecule has 0 spiro atoms. The Labute approximate surface area is 123 Å². The van der Waals surface area contributed by atoms with Gasteiger partial charge in [-0.1, -0.05) is 19.3 Å². The summed E-state index contributed by atoms with van der Waals surface area (Å²) in [5.41, 5.74) is 6.17. The second-order valence-electron chi connectivity index (χ2n) is 7.62. The van der Waals surface area contributed by atoms with Crippen LogP contribution < -0.4 is 5.73 Å². The molecule has 0 radical (unpaired) electrons. The van der Waals surface area contributed by atoms with Crippen LogP contribution in [0, 0.1) is 23.7 Å². The summed E-state index contributed by atoms with van der Waals surface area (Å²) in [6.07, 6.45) is 11.1. The van der Waals surface area contributed by atoms with Crippen LogP contribution in [-0.4, -0.2) is 30.4 Å². The smallest absolute Gasteiger partial charge is 0.222 e. The summed E-state index contributed by atoms with van der Waals surface area (Å²) >= 11 is 0. The molecule has 5 atom stereocenters. The fourth-order valence-corrected chi connectivity index (χ4v) is 4.92. The second-order valence-corrected chi connectivity index (χ2v) is 7.62. The largest absolute Gasteiger partial charge is 0.345 e. The molecule has 3 aliphatic carbocycles. The summed E-state index contributed by atoms with van der Waals surface area (Å²) in [6.45, 7) is 0.988. The predicted molar refractivity (Wildman–Crippen MR) is 81.1 cm³/mol. The van der Waals surface area contributed by atoms with Gasteiger partial charge in [0, 0.05) is 26.1 Å². The molecular formula is C17H30N2O. The fourth-order valence-electron chi connectivity index (χ4n) is 4.92. The van der Waals surface area contributed by atoms with Crippen molar-refractivity contribution >= 4 is 5.91 Å². The number of carbonyl (C=O) groups excluding carboxylic acids is 1. The zero-order valence-corrected chi connectivity index (χ0v) is 12.9. The molecule has 0 aromatic heterocycles. The van der Waals surface area contributed by atoms with E-state index in [1.165, 1.54) is 38.5 Å². The van der Waals surface area contributed by atoms with Gasteiger partial charge in [0.05, 0.1) is 0 Å². The lowest BCUT2D eigenvalue weighted by Gasteiger charge is -2.31. The molecule has 3 rings (SSSR count). The van der Waals surface area contributed by atoms with Crippen LogP contribution in [0.5, 0.6) is 0 Å². The Kier molecular flexibility index (Phi) is 4.34. The van der Waals surface area contributed by atoms with Crippen LogP contribution in [0.15, 0.2) is 0 Å². The van der Waals surface area contributed by atoms with Crippen molar-refractivity contribution in [2.24, 2.45) is 29.4 Å². The molecule has 2 bridgehead atoms. The van der Waals surface area contributed by atoms with Crippen LogP contribution in [0.3, 0.4) is 0 Å². The highest BCUT2D eigenvalue weighted by Gasteiger charge is 2.40. The van der Waals surface area contributed by atoms with Gasteiger partial charge < -0.3 is 10.6 Å². The van der Waals surface area contributed by atoms with Gasteiger partial charge in [0.15, 0.2) is 0 Å². The first-order valence-corrected chi connectivity index (χ1v) is 8.63. The first-order chi connectivity index (χ1) is 9.63. The van der Waals surface area contributed by atoms with E-state index >= 15 is 0 Å². The quantitative estimate of drug-likeness (QED) is 0.859. The topological polar surface area (TPSA) is 46.3 Å². The normalized spacial score (nSPS) is 40.0. The van der Waals surface area contributed by atoms with E-state index in [1.54, 1.807) is 0 Å². The van der Waals surface area contributed by atoms with Gasteiger partial charge >= 0.3 is 0 Å². The number of amides is 1. The summed E-state index contributed by atoms with van der Waals surface area (Å²) in [5.74, 6) is 3.42. The Morgan fingerprint density at radius 2 is 1.90 bits per heavy atom. The van der Waals surface area contributed by atoms with E-state index in [4.69, 9.17) is 5.73 Å². The van der Waals surface area contributed by atoms with Gasteiger partial charge in [-0.15, -0.1) is 0 Å². The molecule has 3 nitrogen and oxygen atoms in total. The zero-order valence-electron chi connectivity index (χ0n) is 12.9. The maximum Gasteiger partial charge on any atom is 0.222 e. The summed E-state index contributed by atoms with van der Waals surface area (Å²) in [5, 5.41) is 0. The van der Waals surface area contributed by atoms with Gasteiger partial charge in [-0.2, -0.15) is 0 Å². The van der Waals surface area contributed by atoms with Gasteiger partial charge in [-0.25, -0.2) is 0 Å². The van der Waals surface area contributed by atoms with Crippen molar-refractivity contribution in [2.45, 2.75) is 63.8 Å². The van der Waals surface area contributed by atoms with Crippen molar-refractivity contribution in [3.05, 3.63) is 0 Å². The minimum Gasteiger partial charge on any atom is -0.345 e. The Morgan fingerprint density at radius 1 is 1.10 bits per heavy atom. The molecule has 0 saturated heterocycles. The third-order valence-electron chi connectivity index (χ3n) is 6.22. The van der Waals surface area contributed by atoms with Crippen LogP contribution in [0.4, 0.5) is 0 Å². The molecule has 0 aliphatic heterocycles. The number of fused-ring (bicyclic) bond motifs is 2. The third kappa shape index (κ3) is 3.03. The number of hydrogen-bond donors (Lipinski definition) is 1. The van der Waals surface area contributed by atoms with E-state index in [2.05, 4.69) is 0 Å². The van der Waals surface area contributed by atoms with Crippen molar-refractivity contribution in [2.75, 3.05) is 13.6 Å². The highest BCUT2D eigenvalue weighted by Crippen LogP contribution is 2.48. The van der Waals surface area contributed by atoms with Crippen LogP contribution in [-0.2, 0) is 4.79 Å². The Bertz CT molecular complexity index is 357. The van der Waals surface area contributed by atoms with E-state index in [1.807, 2.05) is 11.9 Å². The molecule has 0 aromatic rings. The molecule has 20 heavy (non-hydrogen) atoms. The molecule has 0 heterocycles. The summed E-state index contributed by atoms with van der Waals surface area (Å²) in [7, 11) is 2.00. The molecule has 2 N–H and O–H groups in total. The van der Waals surface area contributed by atoms with Crippen LogP contribution in [0.1, 0.15) is 57.8 Å². The van der Waals surface area contributed by atoms with E-state index in [0.717, 1.165) is 37.1 Å². The number of hydrogen-bond acceptors (Lipinski definition) is 2. The third-order valence-corrected chi connectivity index (χ3v) is 6.22. The molecule has 1 amide bonds. The first kappa shape index (κ1) is 14.4. The average Bonchev–Trinajstić information content (AvgIpc) is 3.03. The molecule has 114 valence electrons. The van der Waals surface area contributed by atoms with Gasteiger partial charge in [0.1, 0.15) is 0 Å². The molecule has 3 fully saturated rings. The monoisotopic (exact) mass is 278 g/mol. The lowest BCUT2D eigenvalue weighted by Crippen LogP contribution is -2.39. The minimum absolute atomic E-state index is 0.253. The SMILES string of the molecule is CN(CC1CC2CCC1C2)C(=O)CC1CCCCC1N. The van der Waals surface area contributed by atoms with E-state index < -0.39 is 0 Å². The highest BCUT2D eigenvalue weighted by molar-refractivity contribution is 5.76. The van der Waals surface area contributed by atoms with Crippen LogP contribution in [0.2, 0.25) is 0 Å². The van der Waals surface area contributed by atoms with Crippen molar-refractivity contribution < 1.29 is 4.79 Å². The van der Waals surface area contributed by atoms with Crippen LogP contribution in [0.25, 0.3) is 0 Å². The second kappa shape index (κ2) is 6.05. The maximum atomic E-state index is 12.4. The highest BCUT2D eigenvalue weighted by atomic mass is 16.2. The molecule has 3 heteroatoms. The van der Waals surface area contributed by atoms with Crippen molar-refractivity contribution in [1.82, 2.24) is 4.90 Å². The lowest BCUT2D eigenvalue weighted by atomic mass is 9.82. The van der Waals surface area contributed by atoms with Gasteiger partial charge in [-0.05, 0) is 55.8 Å². The molecule has 3 aliphatic rings. The minimum atomic E-state index is 0.253.